The normalized spacial score (nSPS) is 12.3. The van der Waals surface area contributed by atoms with E-state index in [1.54, 1.807) is 12.1 Å². The van der Waals surface area contributed by atoms with E-state index in [2.05, 4.69) is 4.90 Å². The average molecular weight is 433 g/mol. The molecule has 0 saturated heterocycles. The van der Waals surface area contributed by atoms with Gasteiger partial charge in [0.2, 0.25) is 0 Å². The van der Waals surface area contributed by atoms with Crippen molar-refractivity contribution in [1.29, 1.82) is 0 Å². The van der Waals surface area contributed by atoms with Gasteiger partial charge in [-0.3, -0.25) is 4.90 Å². The summed E-state index contributed by atoms with van der Waals surface area (Å²) in [4.78, 5) is 14.3. The van der Waals surface area contributed by atoms with E-state index in [1.807, 2.05) is 26.0 Å². The lowest BCUT2D eigenvalue weighted by Gasteiger charge is -2.18. The molecule has 2 aromatic carbocycles. The van der Waals surface area contributed by atoms with Crippen LogP contribution in [0.4, 0.5) is 26.3 Å². The SMILES string of the molecule is CCN(CC)Cc1ccc(COC(=O)c2cc(C(F)(F)F)cc(C(F)(F)F)c2)cc1. The first-order chi connectivity index (χ1) is 13.9. The number of ether oxygens (including phenoxy) is 1. The molecular formula is C21H21F6NO2. The number of esters is 1. The molecule has 0 unspecified atom stereocenters. The number of carbonyl (C=O) groups is 1. The summed E-state index contributed by atoms with van der Waals surface area (Å²) < 4.78 is 82.4. The highest BCUT2D eigenvalue weighted by Crippen LogP contribution is 2.36. The van der Waals surface area contributed by atoms with Gasteiger partial charge >= 0.3 is 18.3 Å². The van der Waals surface area contributed by atoms with Gasteiger partial charge in [-0.25, -0.2) is 4.79 Å². The van der Waals surface area contributed by atoms with Gasteiger partial charge in [0.15, 0.2) is 0 Å². The molecule has 0 aliphatic rings. The molecule has 164 valence electrons. The maximum absolute atomic E-state index is 12.9. The minimum absolute atomic E-state index is 0.0363. The Bertz CT molecular complexity index is 823. The van der Waals surface area contributed by atoms with E-state index in [0.717, 1.165) is 25.2 Å². The lowest BCUT2D eigenvalue weighted by molar-refractivity contribution is -0.143. The van der Waals surface area contributed by atoms with Crippen molar-refractivity contribution < 1.29 is 35.9 Å². The van der Waals surface area contributed by atoms with Crippen LogP contribution < -0.4 is 0 Å². The monoisotopic (exact) mass is 433 g/mol. The highest BCUT2D eigenvalue weighted by Gasteiger charge is 2.37. The fourth-order valence-corrected chi connectivity index (χ4v) is 2.75. The molecular weight excluding hydrogens is 412 g/mol. The fourth-order valence-electron chi connectivity index (χ4n) is 2.75. The molecule has 0 bridgehead atoms. The van der Waals surface area contributed by atoms with E-state index in [0.29, 0.717) is 17.7 Å². The second kappa shape index (κ2) is 9.51. The van der Waals surface area contributed by atoms with Crippen LogP contribution in [-0.4, -0.2) is 24.0 Å². The summed E-state index contributed by atoms with van der Waals surface area (Å²) in [5.41, 5.74) is -2.35. The third-order valence-electron chi connectivity index (χ3n) is 4.52. The summed E-state index contributed by atoms with van der Waals surface area (Å²) >= 11 is 0. The van der Waals surface area contributed by atoms with Gasteiger partial charge in [0, 0.05) is 6.54 Å². The maximum Gasteiger partial charge on any atom is 0.416 e. The predicted molar refractivity (Wildman–Crippen MR) is 98.6 cm³/mol. The van der Waals surface area contributed by atoms with Crippen LogP contribution in [-0.2, 0) is 30.2 Å². The molecule has 0 saturated carbocycles. The molecule has 0 spiro atoms. The minimum atomic E-state index is -5.03. The van der Waals surface area contributed by atoms with Crippen LogP contribution in [0.15, 0.2) is 42.5 Å². The number of rotatable bonds is 7. The van der Waals surface area contributed by atoms with Crippen molar-refractivity contribution in [1.82, 2.24) is 4.90 Å². The second-order valence-electron chi connectivity index (χ2n) is 6.65. The van der Waals surface area contributed by atoms with Crippen LogP contribution in [0.25, 0.3) is 0 Å². The van der Waals surface area contributed by atoms with Crippen molar-refractivity contribution in [2.24, 2.45) is 0 Å². The van der Waals surface area contributed by atoms with Crippen molar-refractivity contribution in [3.05, 3.63) is 70.3 Å². The van der Waals surface area contributed by atoms with Gasteiger partial charge in [0.05, 0.1) is 16.7 Å². The molecule has 0 aromatic heterocycles. The van der Waals surface area contributed by atoms with E-state index >= 15 is 0 Å². The first-order valence-corrected chi connectivity index (χ1v) is 9.20. The van der Waals surface area contributed by atoms with Crippen molar-refractivity contribution in [3.8, 4) is 0 Å². The summed E-state index contributed by atoms with van der Waals surface area (Å²) in [7, 11) is 0. The Balaban J connectivity index is 2.12. The average Bonchev–Trinajstić information content (AvgIpc) is 2.69. The molecule has 3 nitrogen and oxygen atoms in total. The summed E-state index contributed by atoms with van der Waals surface area (Å²) in [5.74, 6) is -1.26. The summed E-state index contributed by atoms with van der Waals surface area (Å²) in [6.07, 6.45) is -10.1. The Morgan fingerprint density at radius 2 is 1.30 bits per heavy atom. The van der Waals surface area contributed by atoms with Crippen LogP contribution in [0.5, 0.6) is 0 Å². The lowest BCUT2D eigenvalue weighted by atomic mass is 10.0. The molecule has 0 fully saturated rings. The smallest absolute Gasteiger partial charge is 0.416 e. The van der Waals surface area contributed by atoms with Gasteiger partial charge in [-0.15, -0.1) is 0 Å². The van der Waals surface area contributed by atoms with Crippen molar-refractivity contribution in [2.45, 2.75) is 39.4 Å². The predicted octanol–water partition coefficient (Wildman–Crippen LogP) is 5.92. The van der Waals surface area contributed by atoms with Gasteiger partial charge < -0.3 is 4.74 Å². The van der Waals surface area contributed by atoms with Crippen LogP contribution in [0.2, 0.25) is 0 Å². The van der Waals surface area contributed by atoms with Gasteiger partial charge in [-0.2, -0.15) is 26.3 Å². The maximum atomic E-state index is 12.9. The van der Waals surface area contributed by atoms with Crippen molar-refractivity contribution >= 4 is 5.97 Å². The summed E-state index contributed by atoms with van der Waals surface area (Å²) in [5, 5.41) is 0. The summed E-state index contributed by atoms with van der Waals surface area (Å²) in [6, 6.07) is 7.71. The molecule has 30 heavy (non-hydrogen) atoms. The second-order valence-corrected chi connectivity index (χ2v) is 6.65. The number of alkyl halides is 6. The Morgan fingerprint density at radius 3 is 1.73 bits per heavy atom. The zero-order chi connectivity index (χ0) is 22.5. The zero-order valence-electron chi connectivity index (χ0n) is 16.4. The molecule has 0 aliphatic carbocycles. The van der Waals surface area contributed by atoms with Gasteiger partial charge in [0.25, 0.3) is 0 Å². The molecule has 9 heteroatoms. The third-order valence-corrected chi connectivity index (χ3v) is 4.52. The molecule has 0 aliphatic heterocycles. The van der Waals surface area contributed by atoms with E-state index in [-0.39, 0.29) is 12.7 Å². The number of nitrogens with zero attached hydrogens (tertiary/aromatic N) is 1. The van der Waals surface area contributed by atoms with Crippen LogP contribution in [0, 0.1) is 0 Å². The van der Waals surface area contributed by atoms with Crippen molar-refractivity contribution in [2.75, 3.05) is 13.1 Å². The van der Waals surface area contributed by atoms with Gasteiger partial charge in [-0.05, 0) is 42.4 Å². The van der Waals surface area contributed by atoms with E-state index in [1.165, 1.54) is 0 Å². The number of benzene rings is 2. The topological polar surface area (TPSA) is 29.5 Å². The molecule has 0 N–H and O–H groups in total. The van der Waals surface area contributed by atoms with Crippen molar-refractivity contribution in [3.63, 3.8) is 0 Å². The lowest BCUT2D eigenvalue weighted by Crippen LogP contribution is -2.22. The Morgan fingerprint density at radius 1 is 0.833 bits per heavy atom. The number of hydrogen-bond acceptors (Lipinski definition) is 3. The molecule has 0 amide bonds. The number of halogens is 6. The Hall–Kier alpha value is -2.55. The first kappa shape index (κ1) is 23.7. The third kappa shape index (κ3) is 6.48. The molecule has 0 heterocycles. The van der Waals surface area contributed by atoms with Gasteiger partial charge in [0.1, 0.15) is 6.61 Å². The first-order valence-electron chi connectivity index (χ1n) is 9.20. The highest BCUT2D eigenvalue weighted by molar-refractivity contribution is 5.90. The molecule has 0 atom stereocenters. The Labute approximate surface area is 170 Å². The minimum Gasteiger partial charge on any atom is -0.457 e. The number of carbonyl (C=O) groups excluding carboxylic acids is 1. The van der Waals surface area contributed by atoms with E-state index in [9.17, 15) is 31.1 Å². The van der Waals surface area contributed by atoms with Gasteiger partial charge in [-0.1, -0.05) is 38.1 Å². The van der Waals surface area contributed by atoms with E-state index in [4.69, 9.17) is 4.74 Å². The number of hydrogen-bond donors (Lipinski definition) is 0. The zero-order valence-corrected chi connectivity index (χ0v) is 16.4. The fraction of sp³-hybridized carbons (Fsp3) is 0.381. The molecule has 2 aromatic rings. The van der Waals surface area contributed by atoms with Crippen LogP contribution in [0.3, 0.4) is 0 Å². The van der Waals surface area contributed by atoms with Crippen LogP contribution >= 0.6 is 0 Å². The summed E-state index contributed by atoms with van der Waals surface area (Å²) in [6.45, 7) is 6.30. The van der Waals surface area contributed by atoms with Crippen LogP contribution in [0.1, 0.15) is 46.5 Å². The molecule has 0 radical (unpaired) electrons. The largest absolute Gasteiger partial charge is 0.457 e. The molecule has 2 rings (SSSR count). The Kier molecular flexibility index (Phi) is 7.52. The highest BCUT2D eigenvalue weighted by atomic mass is 19.4. The van der Waals surface area contributed by atoms with E-state index < -0.39 is 35.0 Å². The quantitative estimate of drug-likeness (QED) is 0.401. The standard InChI is InChI=1S/C21H21F6NO2/c1-3-28(4-2)12-14-5-7-15(8-6-14)13-30-19(29)16-9-17(20(22,23)24)11-18(10-16)21(25,26)27/h5-11H,3-4,12-13H2,1-2H3.